The van der Waals surface area contributed by atoms with Crippen molar-refractivity contribution in [1.82, 2.24) is 25.0 Å². The number of unbranched alkanes of at least 4 members (excludes halogenated alkanes) is 1. The molecule has 0 bridgehead atoms. The number of benzene rings is 1. The first-order valence-corrected chi connectivity index (χ1v) is 20.0. The summed E-state index contributed by atoms with van der Waals surface area (Å²) >= 11 is 0. The summed E-state index contributed by atoms with van der Waals surface area (Å²) in [6.45, 7) is 11.2. The molecule has 1 aliphatic heterocycles. The van der Waals surface area contributed by atoms with E-state index in [1.165, 1.54) is 10.4 Å². The molecule has 12 nitrogen and oxygen atoms in total. The van der Waals surface area contributed by atoms with E-state index in [0.717, 1.165) is 50.5 Å². The molecule has 282 valence electrons. The lowest BCUT2D eigenvalue weighted by atomic mass is 9.81. The first kappa shape index (κ1) is 41.6. The van der Waals surface area contributed by atoms with Crippen LogP contribution in [0.5, 0.6) is 0 Å². The standard InChI is InChI=1S/C37H61N5O7S/c1-5-7-19-38-35(44)30(27(3)4)26-34(43)32(24-28-15-10-8-11-16-28)40-36(45)31(14-6-2)39-37(46)33(25-29-17-12-9-13-18-29)41-50(47,48)42-20-22-49-23-21-42/h6,9,12-13,17-18,27-28,30-34,41,43H,2,5,7-8,10-11,14-16,19-26H2,1,3-4H3,(H,38,44)(H,39,46)(H,40,45)/t30-,31-,32-,33?,34-/m0/s1. The molecule has 1 aromatic carbocycles. The third-order valence-electron chi connectivity index (χ3n) is 9.81. The van der Waals surface area contributed by atoms with Crippen LogP contribution in [-0.2, 0) is 35.8 Å². The number of carbonyl (C=O) groups is 3. The minimum absolute atomic E-state index is 0.0205. The second-order valence-corrected chi connectivity index (χ2v) is 15.8. The third-order valence-corrected chi connectivity index (χ3v) is 11.4. The zero-order chi connectivity index (χ0) is 36.5. The summed E-state index contributed by atoms with van der Waals surface area (Å²) < 4.78 is 35.8. The van der Waals surface area contributed by atoms with Gasteiger partial charge in [-0.15, -0.1) is 6.58 Å². The van der Waals surface area contributed by atoms with Crippen molar-refractivity contribution in [1.29, 1.82) is 0 Å². The molecule has 0 spiro atoms. The molecular formula is C37H61N5O7S. The van der Waals surface area contributed by atoms with Crippen molar-refractivity contribution in [2.24, 2.45) is 17.8 Å². The Morgan fingerprint density at radius 1 is 1.00 bits per heavy atom. The molecule has 5 atom stereocenters. The number of nitrogens with zero attached hydrogens (tertiary/aromatic N) is 1. The van der Waals surface area contributed by atoms with Crippen molar-refractivity contribution < 1.29 is 32.6 Å². The maximum atomic E-state index is 13.9. The summed E-state index contributed by atoms with van der Waals surface area (Å²) in [5.74, 6) is -1.39. The predicted octanol–water partition coefficient (Wildman–Crippen LogP) is 3.22. The Bertz CT molecular complexity index is 1300. The Morgan fingerprint density at radius 3 is 2.28 bits per heavy atom. The van der Waals surface area contributed by atoms with Gasteiger partial charge in [-0.1, -0.05) is 95.7 Å². The number of carbonyl (C=O) groups excluding carboxylic acids is 3. The smallest absolute Gasteiger partial charge is 0.280 e. The molecule has 0 aromatic heterocycles. The van der Waals surface area contributed by atoms with E-state index in [0.29, 0.717) is 18.9 Å². The van der Waals surface area contributed by atoms with E-state index in [2.05, 4.69) is 34.2 Å². The minimum Gasteiger partial charge on any atom is -0.391 e. The van der Waals surface area contributed by atoms with Gasteiger partial charge in [-0.2, -0.15) is 17.4 Å². The molecule has 5 N–H and O–H groups in total. The minimum atomic E-state index is -4.04. The Morgan fingerprint density at radius 2 is 1.66 bits per heavy atom. The molecule has 1 aliphatic carbocycles. The van der Waals surface area contributed by atoms with Crippen molar-refractivity contribution in [3.63, 3.8) is 0 Å². The number of nitrogens with one attached hydrogen (secondary N) is 4. The summed E-state index contributed by atoms with van der Waals surface area (Å²) in [5.41, 5.74) is 0.746. The fourth-order valence-corrected chi connectivity index (χ4v) is 8.08. The second kappa shape index (κ2) is 21.5. The lowest BCUT2D eigenvalue weighted by Crippen LogP contribution is -2.58. The van der Waals surface area contributed by atoms with E-state index in [1.807, 2.05) is 44.2 Å². The number of aliphatic hydroxyl groups is 1. The highest BCUT2D eigenvalue weighted by Gasteiger charge is 2.35. The summed E-state index contributed by atoms with van der Waals surface area (Å²) in [5, 5.41) is 20.4. The number of amides is 3. The summed E-state index contributed by atoms with van der Waals surface area (Å²) in [6.07, 6.45) is 8.62. The average molecular weight is 720 g/mol. The van der Waals surface area contributed by atoms with Gasteiger partial charge in [-0.3, -0.25) is 14.4 Å². The fraction of sp³-hybridized carbons (Fsp3) is 0.703. The zero-order valence-electron chi connectivity index (χ0n) is 30.3. The van der Waals surface area contributed by atoms with Crippen LogP contribution in [0.4, 0.5) is 0 Å². The predicted molar refractivity (Wildman–Crippen MR) is 195 cm³/mol. The van der Waals surface area contributed by atoms with E-state index in [9.17, 15) is 27.9 Å². The number of hydrogen-bond acceptors (Lipinski definition) is 7. The van der Waals surface area contributed by atoms with Crippen LogP contribution in [-0.4, -0.2) is 92.6 Å². The molecule has 13 heteroatoms. The second-order valence-electron chi connectivity index (χ2n) is 14.1. The van der Waals surface area contributed by atoms with Crippen LogP contribution >= 0.6 is 0 Å². The molecule has 1 unspecified atom stereocenters. The highest BCUT2D eigenvalue weighted by Crippen LogP contribution is 2.30. The van der Waals surface area contributed by atoms with Crippen molar-refractivity contribution in [3.05, 3.63) is 48.6 Å². The van der Waals surface area contributed by atoms with Gasteiger partial charge < -0.3 is 25.8 Å². The Hall–Kier alpha value is -2.84. The van der Waals surface area contributed by atoms with E-state index in [4.69, 9.17) is 4.74 Å². The molecule has 2 aliphatic rings. The van der Waals surface area contributed by atoms with E-state index in [-0.39, 0.29) is 57.4 Å². The van der Waals surface area contributed by atoms with Gasteiger partial charge >= 0.3 is 0 Å². The Labute approximate surface area is 299 Å². The van der Waals surface area contributed by atoms with Crippen LogP contribution in [0.25, 0.3) is 0 Å². The van der Waals surface area contributed by atoms with E-state index < -0.39 is 52.2 Å². The third kappa shape index (κ3) is 13.7. The number of rotatable bonds is 21. The topological polar surface area (TPSA) is 166 Å². The number of morpholine rings is 1. The maximum absolute atomic E-state index is 13.9. The molecule has 50 heavy (non-hydrogen) atoms. The van der Waals surface area contributed by atoms with Gasteiger partial charge in [0.25, 0.3) is 10.2 Å². The van der Waals surface area contributed by atoms with Crippen LogP contribution < -0.4 is 20.7 Å². The summed E-state index contributed by atoms with van der Waals surface area (Å²) in [4.78, 5) is 40.9. The molecular weight excluding hydrogens is 659 g/mol. The van der Waals surface area contributed by atoms with Gasteiger partial charge in [-0.25, -0.2) is 0 Å². The first-order valence-electron chi connectivity index (χ1n) is 18.5. The van der Waals surface area contributed by atoms with Gasteiger partial charge in [0.1, 0.15) is 12.1 Å². The highest BCUT2D eigenvalue weighted by atomic mass is 32.2. The van der Waals surface area contributed by atoms with Crippen molar-refractivity contribution in [2.45, 2.75) is 116 Å². The molecule has 1 saturated carbocycles. The Kier molecular flexibility index (Phi) is 17.9. The van der Waals surface area contributed by atoms with Gasteiger partial charge in [0.15, 0.2) is 0 Å². The molecule has 1 aromatic rings. The quantitative estimate of drug-likeness (QED) is 0.0962. The van der Waals surface area contributed by atoms with Crippen LogP contribution in [0.15, 0.2) is 43.0 Å². The molecule has 3 rings (SSSR count). The van der Waals surface area contributed by atoms with Gasteiger partial charge in [0.2, 0.25) is 17.7 Å². The monoisotopic (exact) mass is 719 g/mol. The molecule has 1 heterocycles. The van der Waals surface area contributed by atoms with E-state index >= 15 is 0 Å². The maximum Gasteiger partial charge on any atom is 0.280 e. The lowest BCUT2D eigenvalue weighted by Gasteiger charge is -2.33. The molecule has 3 amide bonds. The van der Waals surface area contributed by atoms with Crippen molar-refractivity contribution >= 4 is 27.9 Å². The van der Waals surface area contributed by atoms with E-state index in [1.54, 1.807) is 0 Å². The van der Waals surface area contributed by atoms with Crippen LogP contribution in [0.2, 0.25) is 0 Å². The van der Waals surface area contributed by atoms with Crippen LogP contribution in [0.3, 0.4) is 0 Å². The zero-order valence-corrected chi connectivity index (χ0v) is 31.1. The number of ether oxygens (including phenoxy) is 1. The normalized spacial score (nSPS) is 19.1. The van der Waals surface area contributed by atoms with Crippen LogP contribution in [0, 0.1) is 17.8 Å². The fourth-order valence-electron chi connectivity index (χ4n) is 6.75. The first-order chi connectivity index (χ1) is 23.9. The highest BCUT2D eigenvalue weighted by molar-refractivity contribution is 7.87. The SMILES string of the molecule is C=CC[C@H](NC(=O)C(Cc1ccccc1)NS(=O)(=O)N1CCOCC1)C(=O)N[C@@H](CC1CCCCC1)[C@@H](O)C[C@H](C(=O)NCCCC)C(C)C. The summed E-state index contributed by atoms with van der Waals surface area (Å²) in [6, 6.07) is 6.17. The number of hydrogen-bond donors (Lipinski definition) is 5. The summed E-state index contributed by atoms with van der Waals surface area (Å²) in [7, 11) is -4.04. The van der Waals surface area contributed by atoms with Gasteiger partial charge in [0, 0.05) is 25.6 Å². The van der Waals surface area contributed by atoms with Crippen LogP contribution in [0.1, 0.15) is 90.5 Å². The van der Waals surface area contributed by atoms with Gasteiger partial charge in [-0.05, 0) is 49.5 Å². The van der Waals surface area contributed by atoms with Gasteiger partial charge in [0.05, 0.1) is 25.4 Å². The number of aliphatic hydroxyl groups excluding tert-OH is 1. The van der Waals surface area contributed by atoms with Crippen molar-refractivity contribution in [2.75, 3.05) is 32.8 Å². The Balaban J connectivity index is 1.80. The molecule has 2 fully saturated rings. The largest absolute Gasteiger partial charge is 0.391 e. The molecule has 0 radical (unpaired) electrons. The molecule has 1 saturated heterocycles. The lowest BCUT2D eigenvalue weighted by molar-refractivity contribution is -0.131. The average Bonchev–Trinajstić information content (AvgIpc) is 3.10. The van der Waals surface area contributed by atoms with Crippen molar-refractivity contribution in [3.8, 4) is 0 Å².